The molecule has 0 bridgehead atoms. The summed E-state index contributed by atoms with van der Waals surface area (Å²) in [5, 5.41) is 0. The van der Waals surface area contributed by atoms with Gasteiger partial charge in [0.25, 0.3) is 0 Å². The van der Waals surface area contributed by atoms with E-state index in [4.69, 9.17) is 0 Å². The molecule has 0 aromatic carbocycles. The number of amides is 1. The molecule has 0 saturated carbocycles. The maximum absolute atomic E-state index is 12.6. The summed E-state index contributed by atoms with van der Waals surface area (Å²) in [5.74, 6) is -2.00. The van der Waals surface area contributed by atoms with E-state index in [2.05, 4.69) is 4.98 Å². The van der Waals surface area contributed by atoms with Crippen molar-refractivity contribution in [2.75, 3.05) is 17.2 Å². The first kappa shape index (κ1) is 15.7. The van der Waals surface area contributed by atoms with Gasteiger partial charge in [-0.2, -0.15) is 21.6 Å². The molecule has 1 fully saturated rings. The monoisotopic (exact) mass is 326 g/mol. The lowest BCUT2D eigenvalue weighted by atomic mass is 10.1. The van der Waals surface area contributed by atoms with Crippen LogP contribution in [-0.4, -0.2) is 31.6 Å². The Morgan fingerprint density at radius 3 is 2.48 bits per heavy atom. The van der Waals surface area contributed by atoms with Gasteiger partial charge in [0.1, 0.15) is 5.69 Å². The second kappa shape index (κ2) is 5.24. The van der Waals surface area contributed by atoms with Gasteiger partial charge in [-0.05, 0) is 12.1 Å². The smallest absolute Gasteiger partial charge is 0.311 e. The van der Waals surface area contributed by atoms with Crippen LogP contribution in [-0.2, 0) is 21.2 Å². The average Bonchev–Trinajstić information content (AvgIpc) is 2.66. The van der Waals surface area contributed by atoms with Crippen LogP contribution < -0.4 is 4.90 Å². The first-order valence-corrected chi connectivity index (χ1v) is 7.37. The maximum atomic E-state index is 12.6. The van der Waals surface area contributed by atoms with Crippen molar-refractivity contribution in [2.24, 2.45) is 5.92 Å². The minimum absolute atomic E-state index is 0.0744. The van der Waals surface area contributed by atoms with E-state index in [1.807, 2.05) is 0 Å². The van der Waals surface area contributed by atoms with Crippen molar-refractivity contribution in [3.8, 4) is 0 Å². The van der Waals surface area contributed by atoms with E-state index in [-0.39, 0.29) is 18.7 Å². The van der Waals surface area contributed by atoms with E-state index in [0.717, 1.165) is 23.2 Å². The molecule has 1 aromatic heterocycles. The van der Waals surface area contributed by atoms with Crippen molar-refractivity contribution >= 4 is 21.8 Å². The molecule has 116 valence electrons. The fourth-order valence-electron chi connectivity index (χ4n) is 2.14. The molecule has 1 aliphatic heterocycles. The zero-order valence-electron chi connectivity index (χ0n) is 10.5. The molecule has 1 aromatic rings. The Labute approximate surface area is 117 Å². The highest BCUT2D eigenvalue weighted by atomic mass is 32.3. The molecule has 21 heavy (non-hydrogen) atoms. The van der Waals surface area contributed by atoms with Gasteiger partial charge < -0.3 is 4.90 Å². The van der Waals surface area contributed by atoms with Gasteiger partial charge in [0, 0.05) is 18.9 Å². The Morgan fingerprint density at radius 2 is 2.00 bits per heavy atom. The first-order valence-electron chi connectivity index (χ1n) is 5.82. The van der Waals surface area contributed by atoms with E-state index < -0.39 is 39.7 Å². The van der Waals surface area contributed by atoms with Gasteiger partial charge in [0.2, 0.25) is 5.91 Å². The molecule has 10 heteroatoms. The molecule has 0 radical (unpaired) electrons. The van der Waals surface area contributed by atoms with Crippen molar-refractivity contribution in [3.63, 3.8) is 0 Å². The second-order valence-electron chi connectivity index (χ2n) is 4.68. The molecule has 1 unspecified atom stereocenters. The third-order valence-corrected chi connectivity index (χ3v) is 3.86. The molecular formula is C11H10F4N2O3S. The lowest BCUT2D eigenvalue weighted by Gasteiger charge is -2.16. The van der Waals surface area contributed by atoms with Crippen LogP contribution in [0, 0.1) is 5.92 Å². The lowest BCUT2D eigenvalue weighted by molar-refractivity contribution is -0.141. The largest absolute Gasteiger partial charge is 0.433 e. The molecule has 5 nitrogen and oxygen atoms in total. The van der Waals surface area contributed by atoms with Crippen LogP contribution in [0.3, 0.4) is 0 Å². The van der Waals surface area contributed by atoms with Gasteiger partial charge in [-0.15, -0.1) is 3.89 Å². The van der Waals surface area contributed by atoms with Crippen LogP contribution in [0.4, 0.5) is 22.7 Å². The fourth-order valence-corrected chi connectivity index (χ4v) is 2.92. The number of alkyl halides is 3. The zero-order valence-corrected chi connectivity index (χ0v) is 11.3. The third kappa shape index (κ3) is 3.90. The number of rotatable bonds is 3. The number of anilines is 1. The first-order chi connectivity index (χ1) is 9.56. The van der Waals surface area contributed by atoms with E-state index >= 15 is 0 Å². The molecule has 2 rings (SSSR count). The summed E-state index contributed by atoms with van der Waals surface area (Å²) in [5.41, 5.74) is -0.979. The Balaban J connectivity index is 2.14. The van der Waals surface area contributed by atoms with Crippen LogP contribution in [0.5, 0.6) is 0 Å². The van der Waals surface area contributed by atoms with Crippen molar-refractivity contribution in [1.29, 1.82) is 0 Å². The Bertz CT molecular complexity index is 642. The Morgan fingerprint density at radius 1 is 1.33 bits per heavy atom. The number of hydrogen-bond donors (Lipinski definition) is 0. The average molecular weight is 326 g/mol. The van der Waals surface area contributed by atoms with Gasteiger partial charge in [0.05, 0.1) is 17.6 Å². The molecule has 1 saturated heterocycles. The van der Waals surface area contributed by atoms with Crippen LogP contribution in [0.15, 0.2) is 18.3 Å². The predicted octanol–water partition coefficient (Wildman–Crippen LogP) is 1.75. The number of carbonyl (C=O) groups excluding carboxylic acids is 1. The molecule has 0 spiro atoms. The maximum Gasteiger partial charge on any atom is 0.433 e. The number of pyridine rings is 1. The third-order valence-electron chi connectivity index (χ3n) is 2.99. The van der Waals surface area contributed by atoms with E-state index in [1.54, 1.807) is 0 Å². The number of hydrogen-bond acceptors (Lipinski definition) is 4. The highest BCUT2D eigenvalue weighted by molar-refractivity contribution is 7.86. The quantitative estimate of drug-likeness (QED) is 0.627. The van der Waals surface area contributed by atoms with Gasteiger partial charge in [-0.25, -0.2) is 4.98 Å². The SMILES string of the molecule is O=C1CC(CS(=O)(=O)F)CN1c1ccc(C(F)(F)F)nc1. The molecule has 0 aliphatic carbocycles. The topological polar surface area (TPSA) is 67.3 Å². The summed E-state index contributed by atoms with van der Waals surface area (Å²) in [6.45, 7) is -0.0744. The minimum atomic E-state index is -4.71. The van der Waals surface area contributed by atoms with Gasteiger partial charge >= 0.3 is 16.4 Å². The molecule has 1 amide bonds. The van der Waals surface area contributed by atoms with E-state index in [0.29, 0.717) is 0 Å². The van der Waals surface area contributed by atoms with Crippen LogP contribution in [0.1, 0.15) is 12.1 Å². The summed E-state index contributed by atoms with van der Waals surface area (Å²) >= 11 is 0. The summed E-state index contributed by atoms with van der Waals surface area (Å²) in [7, 11) is -4.71. The van der Waals surface area contributed by atoms with Gasteiger partial charge in [0.15, 0.2) is 0 Å². The molecule has 2 heterocycles. The summed E-state index contributed by atoms with van der Waals surface area (Å²) in [6, 6.07) is 1.79. The molecule has 1 atom stereocenters. The number of aromatic nitrogens is 1. The van der Waals surface area contributed by atoms with Gasteiger partial charge in [-0.3, -0.25) is 4.79 Å². The van der Waals surface area contributed by atoms with Crippen molar-refractivity contribution in [3.05, 3.63) is 24.0 Å². The highest BCUT2D eigenvalue weighted by Crippen LogP contribution is 2.30. The zero-order chi connectivity index (χ0) is 15.8. The van der Waals surface area contributed by atoms with Crippen molar-refractivity contribution in [1.82, 2.24) is 4.98 Å². The summed E-state index contributed by atoms with van der Waals surface area (Å²) < 4.78 is 70.8. The minimum Gasteiger partial charge on any atom is -0.311 e. The van der Waals surface area contributed by atoms with Crippen molar-refractivity contribution < 1.29 is 30.3 Å². The highest BCUT2D eigenvalue weighted by Gasteiger charge is 2.35. The Kier molecular flexibility index (Phi) is 3.91. The molecule has 1 aliphatic rings. The Hall–Kier alpha value is -1.71. The number of halogens is 4. The van der Waals surface area contributed by atoms with Gasteiger partial charge in [-0.1, -0.05) is 0 Å². The molecule has 0 N–H and O–H groups in total. The standard InChI is InChI=1S/C11H10F4N2O3S/c12-11(13,14)9-2-1-8(4-16-9)17-5-7(3-10(17)18)6-21(15,19)20/h1-2,4,7H,3,5-6H2. The normalized spacial score (nSPS) is 20.1. The van der Waals surface area contributed by atoms with Crippen LogP contribution in [0.25, 0.3) is 0 Å². The lowest BCUT2D eigenvalue weighted by Crippen LogP contribution is -2.25. The number of nitrogens with zero attached hydrogens (tertiary/aromatic N) is 2. The predicted molar refractivity (Wildman–Crippen MR) is 64.6 cm³/mol. The van der Waals surface area contributed by atoms with E-state index in [1.165, 1.54) is 0 Å². The second-order valence-corrected chi connectivity index (χ2v) is 6.09. The number of carbonyl (C=O) groups is 1. The van der Waals surface area contributed by atoms with E-state index in [9.17, 15) is 30.3 Å². The fraction of sp³-hybridized carbons (Fsp3) is 0.455. The summed E-state index contributed by atoms with van der Waals surface area (Å²) in [6.07, 6.45) is -3.88. The van der Waals surface area contributed by atoms with Crippen LogP contribution in [0.2, 0.25) is 0 Å². The summed E-state index contributed by atoms with van der Waals surface area (Å²) in [4.78, 5) is 16.0. The van der Waals surface area contributed by atoms with Crippen LogP contribution >= 0.6 is 0 Å². The molecular weight excluding hydrogens is 316 g/mol. The van der Waals surface area contributed by atoms with Crippen molar-refractivity contribution in [2.45, 2.75) is 12.6 Å².